The topological polar surface area (TPSA) is 128 Å². The summed E-state index contributed by atoms with van der Waals surface area (Å²) < 4.78 is 3.37. The molecule has 41 heavy (non-hydrogen) atoms. The third kappa shape index (κ3) is 15.0. The lowest BCUT2D eigenvalue weighted by atomic mass is 9.75. The minimum Gasteiger partial charge on any atom is -0.480 e. The van der Waals surface area contributed by atoms with E-state index in [9.17, 15) is 9.59 Å². The average Bonchev–Trinajstić information content (AvgIpc) is 3.57. The molecule has 2 saturated carbocycles. The normalized spacial score (nSPS) is 15.5. The summed E-state index contributed by atoms with van der Waals surface area (Å²) in [4.78, 5) is 21.2. The Hall–Kier alpha value is -0.770. The molecule has 2 aromatic rings. The first-order valence-corrected chi connectivity index (χ1v) is 17.6. The minimum absolute atomic E-state index is 0. The summed E-state index contributed by atoms with van der Waals surface area (Å²) in [6, 6.07) is 20.1. The molecule has 2 aliphatic rings. The SMILES string of the molecule is Cl.ICI.N#CCC(=O)CC1(c2ccc(Br)cc2)CCCC1.N#CCC(=O)O.NC1(c2ccc(Br)cc2)CCCC1. The smallest absolute Gasteiger partial charge is 0.317 e. The van der Waals surface area contributed by atoms with Crippen LogP contribution in [0.1, 0.15) is 81.8 Å². The van der Waals surface area contributed by atoms with Gasteiger partial charge in [0.25, 0.3) is 0 Å². The van der Waals surface area contributed by atoms with Gasteiger partial charge in [-0.1, -0.05) is 127 Å². The molecule has 6 nitrogen and oxygen atoms in total. The molecule has 2 aliphatic carbocycles. The number of hydrogen-bond donors (Lipinski definition) is 2. The number of alkyl halides is 2. The Balaban J connectivity index is 0.000000609. The molecule has 0 atom stereocenters. The van der Waals surface area contributed by atoms with Crippen LogP contribution in [0.4, 0.5) is 0 Å². The van der Waals surface area contributed by atoms with Crippen LogP contribution >= 0.6 is 89.4 Å². The lowest BCUT2D eigenvalue weighted by Crippen LogP contribution is -2.32. The van der Waals surface area contributed by atoms with Gasteiger partial charge >= 0.3 is 5.97 Å². The molecule has 224 valence electrons. The number of nitrogens with zero attached hydrogens (tertiary/aromatic N) is 2. The number of nitriles is 2. The third-order valence-corrected chi connectivity index (χ3v) is 8.03. The molecule has 11 heteroatoms. The Morgan fingerprint density at radius 2 is 1.20 bits per heavy atom. The number of carboxylic acid groups (broad SMARTS) is 1. The number of rotatable bonds is 6. The molecule has 3 N–H and O–H groups in total. The molecule has 4 rings (SSSR count). The molecular weight excluding hydrogens is 899 g/mol. The van der Waals surface area contributed by atoms with Crippen LogP contribution in [0.15, 0.2) is 57.5 Å². The van der Waals surface area contributed by atoms with Gasteiger partial charge < -0.3 is 10.8 Å². The number of Topliss-reactive ketones (excluding diaryl/α,β-unsaturated/α-hetero) is 1. The zero-order valence-electron chi connectivity index (χ0n) is 22.8. The largest absolute Gasteiger partial charge is 0.480 e. The second kappa shape index (κ2) is 21.8. The summed E-state index contributed by atoms with van der Waals surface area (Å²) in [5, 5.41) is 23.9. The maximum atomic E-state index is 11.8. The number of nitrogens with two attached hydrogens (primary N) is 1. The van der Waals surface area contributed by atoms with Gasteiger partial charge in [-0.05, 0) is 61.1 Å². The fourth-order valence-corrected chi connectivity index (χ4v) is 5.62. The highest BCUT2D eigenvalue weighted by Crippen LogP contribution is 2.44. The molecule has 0 spiro atoms. The molecule has 0 saturated heterocycles. The van der Waals surface area contributed by atoms with E-state index in [0.717, 1.165) is 34.6 Å². The second-order valence-electron chi connectivity index (χ2n) is 9.74. The van der Waals surface area contributed by atoms with Gasteiger partial charge in [-0.25, -0.2) is 0 Å². The number of ketones is 1. The summed E-state index contributed by atoms with van der Waals surface area (Å²) in [5.41, 5.74) is 8.79. The first-order chi connectivity index (χ1) is 19.1. The highest BCUT2D eigenvalue weighted by Gasteiger charge is 2.37. The van der Waals surface area contributed by atoms with Crippen LogP contribution in [0.3, 0.4) is 0 Å². The van der Waals surface area contributed by atoms with Gasteiger partial charge in [-0.15, -0.1) is 12.4 Å². The maximum absolute atomic E-state index is 11.8. The number of hydrogen-bond acceptors (Lipinski definition) is 5. The van der Waals surface area contributed by atoms with E-state index in [-0.39, 0.29) is 35.6 Å². The van der Waals surface area contributed by atoms with Crippen LogP contribution in [-0.4, -0.2) is 19.3 Å². The van der Waals surface area contributed by atoms with Crippen molar-refractivity contribution in [2.75, 3.05) is 2.43 Å². The first kappa shape index (κ1) is 40.2. The molecule has 0 unspecified atom stereocenters. The van der Waals surface area contributed by atoms with Crippen LogP contribution in [-0.2, 0) is 20.5 Å². The van der Waals surface area contributed by atoms with Gasteiger partial charge in [0.1, 0.15) is 12.2 Å². The van der Waals surface area contributed by atoms with Crippen molar-refractivity contribution in [3.63, 3.8) is 0 Å². The Kier molecular flexibility index (Phi) is 21.4. The van der Waals surface area contributed by atoms with Crippen LogP contribution in [0.5, 0.6) is 0 Å². The summed E-state index contributed by atoms with van der Waals surface area (Å²) >= 11 is 11.4. The highest BCUT2D eigenvalue weighted by atomic mass is 127. The summed E-state index contributed by atoms with van der Waals surface area (Å²) in [7, 11) is 0. The zero-order chi connectivity index (χ0) is 30.0. The van der Waals surface area contributed by atoms with E-state index in [4.69, 9.17) is 21.4 Å². The van der Waals surface area contributed by atoms with E-state index in [1.165, 1.54) is 45.3 Å². The van der Waals surface area contributed by atoms with E-state index >= 15 is 0 Å². The third-order valence-electron chi connectivity index (χ3n) is 6.97. The molecule has 2 fully saturated rings. The van der Waals surface area contributed by atoms with Crippen molar-refractivity contribution < 1.29 is 14.7 Å². The number of halogens is 5. The van der Waals surface area contributed by atoms with Gasteiger partial charge in [0.2, 0.25) is 0 Å². The van der Waals surface area contributed by atoms with Crippen molar-refractivity contribution >= 4 is 101 Å². The lowest BCUT2D eigenvalue weighted by molar-refractivity contribution is -0.135. The number of carboxylic acids is 1. The van der Waals surface area contributed by atoms with Crippen LogP contribution in [0.2, 0.25) is 0 Å². The van der Waals surface area contributed by atoms with Crippen molar-refractivity contribution in [2.24, 2.45) is 5.73 Å². The van der Waals surface area contributed by atoms with Crippen molar-refractivity contribution in [3.05, 3.63) is 68.6 Å². The van der Waals surface area contributed by atoms with Gasteiger partial charge in [-0.3, -0.25) is 9.59 Å². The van der Waals surface area contributed by atoms with Gasteiger partial charge in [-0.2, -0.15) is 10.5 Å². The van der Waals surface area contributed by atoms with Crippen LogP contribution in [0.25, 0.3) is 0 Å². The molecule has 0 aliphatic heterocycles. The van der Waals surface area contributed by atoms with Crippen LogP contribution < -0.4 is 5.73 Å². The predicted molar refractivity (Wildman–Crippen MR) is 191 cm³/mol. The number of benzene rings is 2. The second-order valence-corrected chi connectivity index (χ2v) is 16.0. The lowest BCUT2D eigenvalue weighted by Gasteiger charge is -2.28. The molecular formula is C30H36Br2ClI2N3O3. The Morgan fingerprint density at radius 1 is 0.805 bits per heavy atom. The summed E-state index contributed by atoms with van der Waals surface area (Å²) in [6.45, 7) is 0. The molecule has 2 aromatic carbocycles. The van der Waals surface area contributed by atoms with E-state index in [1.807, 2.05) is 18.2 Å². The van der Waals surface area contributed by atoms with Gasteiger partial charge in [0.05, 0.1) is 21.0 Å². The van der Waals surface area contributed by atoms with Gasteiger partial charge in [0, 0.05) is 26.3 Å². The fraction of sp³-hybridized carbons (Fsp3) is 0.467. The molecule has 0 bridgehead atoms. The fourth-order valence-electron chi connectivity index (χ4n) is 5.09. The maximum Gasteiger partial charge on any atom is 0.317 e. The molecule has 0 aromatic heterocycles. The summed E-state index contributed by atoms with van der Waals surface area (Å²) in [5.74, 6) is -1.00. The number of carbonyl (C=O) groups is 2. The summed E-state index contributed by atoms with van der Waals surface area (Å²) in [6.07, 6.45) is 9.44. The van der Waals surface area contributed by atoms with Crippen molar-refractivity contribution in [1.82, 2.24) is 0 Å². The predicted octanol–water partition coefficient (Wildman–Crippen LogP) is 9.53. The monoisotopic (exact) mass is 933 g/mol. The van der Waals surface area contributed by atoms with Crippen molar-refractivity contribution in [2.45, 2.75) is 81.6 Å². The van der Waals surface area contributed by atoms with Crippen molar-refractivity contribution in [3.8, 4) is 12.1 Å². The Bertz CT molecular complexity index is 1140. The zero-order valence-corrected chi connectivity index (χ0v) is 31.1. The molecule has 0 amide bonds. The number of aliphatic carboxylic acids is 1. The average molecular weight is 936 g/mol. The molecule has 0 heterocycles. The number of carbonyl (C=O) groups excluding carboxylic acids is 1. The van der Waals surface area contributed by atoms with E-state index in [0.29, 0.717) is 6.42 Å². The van der Waals surface area contributed by atoms with Gasteiger partial charge in [0.15, 0.2) is 0 Å². The first-order valence-electron chi connectivity index (χ1n) is 13.0. The Labute approximate surface area is 294 Å². The standard InChI is InChI=1S/C15H16BrNO.C11H14BrN.C3H3NO2.CH2I2.ClH/c16-13-5-3-12(4-6-13)15(8-1-2-9-15)11-14(18)7-10-17;12-10-5-3-9(4-6-10)11(13)7-1-2-8-11;4-2-1-3(5)6;2-1-3;/h3-6H,1-2,7-9,11H2;3-6H,1-2,7-8,13H2;1H2,(H,5,6);1H2;1H. The van der Waals surface area contributed by atoms with Crippen molar-refractivity contribution in [1.29, 1.82) is 10.5 Å². The van der Waals surface area contributed by atoms with E-state index in [1.54, 1.807) is 0 Å². The minimum atomic E-state index is -1.07. The highest BCUT2D eigenvalue weighted by molar-refractivity contribution is 14.2. The molecule has 0 radical (unpaired) electrons. The van der Waals surface area contributed by atoms with Crippen LogP contribution in [0, 0.1) is 22.7 Å². The Morgan fingerprint density at radius 3 is 1.56 bits per heavy atom. The van der Waals surface area contributed by atoms with E-state index < -0.39 is 12.4 Å². The van der Waals surface area contributed by atoms with E-state index in [2.05, 4.69) is 113 Å². The quantitative estimate of drug-likeness (QED) is 0.220.